The number of nitrogens with one attached hydrogen (secondary N) is 1. The molecular weight excluding hydrogens is 395 g/mol. The summed E-state index contributed by atoms with van der Waals surface area (Å²) in [5.41, 5.74) is 2.14. The summed E-state index contributed by atoms with van der Waals surface area (Å²) in [7, 11) is 0. The number of amides is 1. The van der Waals surface area contributed by atoms with Crippen LogP contribution in [0.2, 0.25) is 5.02 Å². The second kappa shape index (κ2) is 7.10. The van der Waals surface area contributed by atoms with Crippen LogP contribution >= 0.6 is 11.6 Å². The highest BCUT2D eigenvalue weighted by Gasteiger charge is 2.68. The predicted molar refractivity (Wildman–Crippen MR) is 107 cm³/mol. The molecule has 1 amide bonds. The normalized spacial score (nSPS) is 24.3. The Morgan fingerprint density at radius 1 is 1.21 bits per heavy atom. The number of nitrogens with zero attached hydrogens (tertiary/aromatic N) is 1. The number of carbonyl (C=O) groups is 2. The zero-order chi connectivity index (χ0) is 20.8. The first kappa shape index (κ1) is 19.8. The van der Waals surface area contributed by atoms with Crippen LogP contribution in [0.15, 0.2) is 30.3 Å². The molecule has 2 aromatic rings. The molecule has 1 N–H and O–H groups in total. The topological polar surface area (TPSA) is 68.3 Å². The van der Waals surface area contributed by atoms with Crippen molar-refractivity contribution in [3.8, 4) is 5.75 Å². The Kier molecular flexibility index (Phi) is 4.85. The summed E-state index contributed by atoms with van der Waals surface area (Å²) in [6.45, 7) is 3.65. The van der Waals surface area contributed by atoms with Crippen LogP contribution in [-0.4, -0.2) is 28.8 Å². The van der Waals surface area contributed by atoms with Crippen molar-refractivity contribution in [1.82, 2.24) is 10.3 Å². The molecule has 0 saturated heterocycles. The van der Waals surface area contributed by atoms with Crippen LogP contribution in [0, 0.1) is 25.1 Å². The van der Waals surface area contributed by atoms with E-state index < -0.39 is 5.82 Å². The summed E-state index contributed by atoms with van der Waals surface area (Å²) in [6.07, 6.45) is 2.83. The van der Waals surface area contributed by atoms with Gasteiger partial charge in [-0.25, -0.2) is 4.39 Å². The molecule has 7 heteroatoms. The van der Waals surface area contributed by atoms with E-state index in [-0.39, 0.29) is 40.0 Å². The van der Waals surface area contributed by atoms with Gasteiger partial charge in [0.05, 0.1) is 5.02 Å². The molecule has 3 fully saturated rings. The van der Waals surface area contributed by atoms with Gasteiger partial charge in [0.25, 0.3) is 5.91 Å². The minimum Gasteiger partial charge on any atom is -0.484 e. The molecule has 0 unspecified atom stereocenters. The van der Waals surface area contributed by atoms with E-state index in [2.05, 4.69) is 10.3 Å². The molecule has 0 spiro atoms. The summed E-state index contributed by atoms with van der Waals surface area (Å²) in [5, 5.41) is 3.01. The maximum absolute atomic E-state index is 13.4. The average molecular weight is 417 g/mol. The zero-order valence-electron chi connectivity index (χ0n) is 16.4. The molecular formula is C22H22ClFN2O3. The van der Waals surface area contributed by atoms with Crippen LogP contribution in [0.4, 0.5) is 4.39 Å². The summed E-state index contributed by atoms with van der Waals surface area (Å²) in [5.74, 6) is -0.531. The average Bonchev–Trinajstić information content (AvgIpc) is 2.59. The molecule has 3 saturated carbocycles. The van der Waals surface area contributed by atoms with Crippen molar-refractivity contribution < 1.29 is 18.7 Å². The van der Waals surface area contributed by atoms with E-state index in [4.69, 9.17) is 16.3 Å². The minimum absolute atomic E-state index is 0.00605. The molecule has 3 aliphatic rings. The number of rotatable bonds is 7. The fourth-order valence-corrected chi connectivity index (χ4v) is 4.90. The molecule has 0 aliphatic heterocycles. The van der Waals surface area contributed by atoms with Crippen molar-refractivity contribution in [3.05, 3.63) is 58.1 Å². The molecule has 3 aliphatic carbocycles. The van der Waals surface area contributed by atoms with E-state index in [9.17, 15) is 14.0 Å². The lowest BCUT2D eigenvalue weighted by molar-refractivity contribution is -0.164. The van der Waals surface area contributed by atoms with Gasteiger partial charge >= 0.3 is 0 Å². The largest absolute Gasteiger partial charge is 0.484 e. The van der Waals surface area contributed by atoms with Crippen LogP contribution in [0.1, 0.15) is 47.4 Å². The summed E-state index contributed by atoms with van der Waals surface area (Å²) in [4.78, 5) is 29.2. The first-order chi connectivity index (χ1) is 13.7. The lowest BCUT2D eigenvalue weighted by Gasteiger charge is -2.70. The second-order valence-electron chi connectivity index (χ2n) is 8.49. The van der Waals surface area contributed by atoms with Crippen molar-refractivity contribution in [3.63, 3.8) is 0 Å². The number of hydrogen-bond acceptors (Lipinski definition) is 4. The first-order valence-electron chi connectivity index (χ1n) is 9.55. The van der Waals surface area contributed by atoms with Crippen molar-refractivity contribution in [1.29, 1.82) is 0 Å². The predicted octanol–water partition coefficient (Wildman–Crippen LogP) is 4.18. The third-order valence-corrected chi connectivity index (χ3v) is 6.03. The fourth-order valence-electron chi connectivity index (χ4n) is 4.78. The molecule has 5 rings (SSSR count). The van der Waals surface area contributed by atoms with Crippen LogP contribution in [0.3, 0.4) is 0 Å². The number of halogens is 2. The van der Waals surface area contributed by atoms with Gasteiger partial charge in [0.2, 0.25) is 0 Å². The maximum Gasteiger partial charge on any atom is 0.258 e. The zero-order valence-corrected chi connectivity index (χ0v) is 17.1. The lowest BCUT2D eigenvalue weighted by atomic mass is 9.38. The second-order valence-corrected chi connectivity index (χ2v) is 8.90. The summed E-state index contributed by atoms with van der Waals surface area (Å²) >= 11 is 5.63. The van der Waals surface area contributed by atoms with Gasteiger partial charge in [-0.15, -0.1) is 0 Å². The SMILES string of the molecule is Cc1cc(C)nc(C(=O)CC23CC(NC(=O)COc4ccc(Cl)c(F)c4)(C2)C3)c1. The van der Waals surface area contributed by atoms with E-state index in [1.165, 1.54) is 12.1 Å². The molecule has 29 heavy (non-hydrogen) atoms. The van der Waals surface area contributed by atoms with Gasteiger partial charge in [0.1, 0.15) is 17.3 Å². The van der Waals surface area contributed by atoms with E-state index in [0.717, 1.165) is 36.6 Å². The molecule has 5 nitrogen and oxygen atoms in total. The molecule has 2 bridgehead atoms. The van der Waals surface area contributed by atoms with Crippen molar-refractivity contribution in [2.45, 2.75) is 45.1 Å². The highest BCUT2D eigenvalue weighted by atomic mass is 35.5. The van der Waals surface area contributed by atoms with Crippen LogP contribution in [0.5, 0.6) is 5.75 Å². The van der Waals surface area contributed by atoms with Crippen LogP contribution in [-0.2, 0) is 4.79 Å². The molecule has 1 aromatic carbocycles. The highest BCUT2D eigenvalue weighted by molar-refractivity contribution is 6.30. The quantitative estimate of drug-likeness (QED) is 0.687. The standard InChI is InChI=1S/C22H22ClFN2O3/c1-13-5-14(2)25-18(6-13)19(27)8-21-10-22(11-21,12-21)26-20(28)9-29-15-3-4-16(23)17(24)7-15/h3-7H,8-12H2,1-2H3,(H,26,28). The van der Waals surface area contributed by atoms with Crippen LogP contribution in [0.25, 0.3) is 0 Å². The Balaban J connectivity index is 1.26. The van der Waals surface area contributed by atoms with Gasteiger partial charge in [-0.05, 0) is 68.4 Å². The molecule has 0 atom stereocenters. The van der Waals surface area contributed by atoms with E-state index >= 15 is 0 Å². The molecule has 152 valence electrons. The van der Waals surface area contributed by atoms with Crippen molar-refractivity contribution >= 4 is 23.3 Å². The number of Topliss-reactive ketones (excluding diaryl/α,β-unsaturated/α-hetero) is 1. The molecule has 1 heterocycles. The maximum atomic E-state index is 13.4. The Morgan fingerprint density at radius 2 is 1.93 bits per heavy atom. The van der Waals surface area contributed by atoms with Crippen molar-refractivity contribution in [2.24, 2.45) is 5.41 Å². The summed E-state index contributed by atoms with van der Waals surface area (Å²) < 4.78 is 18.7. The Morgan fingerprint density at radius 3 is 2.59 bits per heavy atom. The van der Waals surface area contributed by atoms with Gasteiger partial charge in [0.15, 0.2) is 12.4 Å². The monoisotopic (exact) mass is 416 g/mol. The van der Waals surface area contributed by atoms with Gasteiger partial charge in [0, 0.05) is 23.7 Å². The number of hydrogen-bond donors (Lipinski definition) is 1. The van der Waals surface area contributed by atoms with E-state index in [1.807, 2.05) is 26.0 Å². The minimum atomic E-state index is -0.589. The third-order valence-electron chi connectivity index (χ3n) is 5.72. The Labute approximate surface area is 173 Å². The number of ether oxygens (including phenoxy) is 1. The number of ketones is 1. The van der Waals surface area contributed by atoms with Gasteiger partial charge in [-0.1, -0.05) is 11.6 Å². The van der Waals surface area contributed by atoms with Gasteiger partial charge < -0.3 is 10.1 Å². The smallest absolute Gasteiger partial charge is 0.258 e. The fraction of sp³-hybridized carbons (Fsp3) is 0.409. The number of aromatic nitrogens is 1. The van der Waals surface area contributed by atoms with E-state index in [1.54, 1.807) is 0 Å². The molecule has 0 radical (unpaired) electrons. The number of benzene rings is 1. The first-order valence-corrected chi connectivity index (χ1v) is 9.93. The lowest BCUT2D eigenvalue weighted by Crippen LogP contribution is -2.75. The number of aryl methyl sites for hydroxylation is 2. The van der Waals surface area contributed by atoms with Crippen molar-refractivity contribution in [2.75, 3.05) is 6.61 Å². The van der Waals surface area contributed by atoms with E-state index in [0.29, 0.717) is 12.1 Å². The third kappa shape index (κ3) is 3.99. The molecule has 1 aromatic heterocycles. The van der Waals surface area contributed by atoms with Crippen LogP contribution < -0.4 is 10.1 Å². The number of pyridine rings is 1. The Bertz CT molecular complexity index is 968. The summed E-state index contributed by atoms with van der Waals surface area (Å²) in [6, 6.07) is 7.83. The number of carbonyl (C=O) groups excluding carboxylic acids is 2. The highest BCUT2D eigenvalue weighted by Crippen LogP contribution is 2.69. The Hall–Kier alpha value is -2.47. The van der Waals surface area contributed by atoms with Gasteiger partial charge in [-0.2, -0.15) is 0 Å². The van der Waals surface area contributed by atoms with Gasteiger partial charge in [-0.3, -0.25) is 14.6 Å².